The van der Waals surface area contributed by atoms with Crippen LogP contribution in [0.2, 0.25) is 0 Å². The van der Waals surface area contributed by atoms with Crippen LogP contribution in [-0.2, 0) is 6.54 Å². The van der Waals surface area contributed by atoms with Gasteiger partial charge in [0.2, 0.25) is 0 Å². The Morgan fingerprint density at radius 3 is 2.89 bits per heavy atom. The SMILES string of the molecule is CN(Cc1ccon1)C1CCN(c2ccccc2)C1. The third-order valence-corrected chi connectivity index (χ3v) is 3.81. The summed E-state index contributed by atoms with van der Waals surface area (Å²) in [6, 6.07) is 13.1. The highest BCUT2D eigenvalue weighted by molar-refractivity contribution is 5.47. The Hall–Kier alpha value is -1.81. The summed E-state index contributed by atoms with van der Waals surface area (Å²) in [7, 11) is 2.16. The molecule has 1 aromatic carbocycles. The van der Waals surface area contributed by atoms with E-state index in [9.17, 15) is 0 Å². The Bertz CT molecular complexity index is 497. The number of aromatic nitrogens is 1. The van der Waals surface area contributed by atoms with Gasteiger partial charge in [-0.3, -0.25) is 4.90 Å². The molecule has 0 spiro atoms. The normalized spacial score (nSPS) is 19.3. The highest BCUT2D eigenvalue weighted by Gasteiger charge is 2.26. The molecule has 3 rings (SSSR count). The summed E-state index contributed by atoms with van der Waals surface area (Å²) in [6.45, 7) is 3.06. The second-order valence-corrected chi connectivity index (χ2v) is 5.13. The molecule has 0 aliphatic carbocycles. The highest BCUT2D eigenvalue weighted by atomic mass is 16.5. The smallest absolute Gasteiger partial charge is 0.124 e. The number of anilines is 1. The fraction of sp³-hybridized carbons (Fsp3) is 0.400. The topological polar surface area (TPSA) is 32.5 Å². The molecule has 1 fully saturated rings. The minimum atomic E-state index is 0.580. The third kappa shape index (κ3) is 2.79. The number of nitrogens with zero attached hydrogens (tertiary/aromatic N) is 3. The summed E-state index contributed by atoms with van der Waals surface area (Å²) in [6.07, 6.45) is 2.83. The molecule has 1 aliphatic rings. The third-order valence-electron chi connectivity index (χ3n) is 3.81. The van der Waals surface area contributed by atoms with E-state index in [4.69, 9.17) is 4.52 Å². The van der Waals surface area contributed by atoms with Crippen molar-refractivity contribution in [2.45, 2.75) is 19.0 Å². The van der Waals surface area contributed by atoms with Gasteiger partial charge in [-0.1, -0.05) is 23.4 Å². The zero-order valence-electron chi connectivity index (χ0n) is 11.2. The van der Waals surface area contributed by atoms with Gasteiger partial charge in [0.1, 0.15) is 6.26 Å². The van der Waals surface area contributed by atoms with Crippen LogP contribution in [0, 0.1) is 0 Å². The lowest BCUT2D eigenvalue weighted by Gasteiger charge is -2.24. The van der Waals surface area contributed by atoms with Crippen LogP contribution in [0.1, 0.15) is 12.1 Å². The molecule has 19 heavy (non-hydrogen) atoms. The van der Waals surface area contributed by atoms with Gasteiger partial charge in [-0.15, -0.1) is 0 Å². The Labute approximate surface area is 113 Å². The van der Waals surface area contributed by atoms with Crippen LogP contribution in [0.4, 0.5) is 5.69 Å². The molecule has 0 radical (unpaired) electrons. The quantitative estimate of drug-likeness (QED) is 0.842. The number of para-hydroxylation sites is 1. The van der Waals surface area contributed by atoms with Crippen molar-refractivity contribution in [3.05, 3.63) is 48.4 Å². The zero-order chi connectivity index (χ0) is 13.1. The first kappa shape index (κ1) is 12.2. The minimum Gasteiger partial charge on any atom is -0.370 e. The van der Waals surface area contributed by atoms with Crippen molar-refractivity contribution in [3.8, 4) is 0 Å². The number of hydrogen-bond donors (Lipinski definition) is 0. The number of likely N-dealkylation sites (N-methyl/N-ethyl adjacent to an activating group) is 1. The first-order valence-corrected chi connectivity index (χ1v) is 6.72. The summed E-state index contributed by atoms with van der Waals surface area (Å²) < 4.78 is 4.88. The van der Waals surface area contributed by atoms with E-state index >= 15 is 0 Å². The predicted molar refractivity (Wildman–Crippen MR) is 75.0 cm³/mol. The van der Waals surface area contributed by atoms with Crippen molar-refractivity contribution in [3.63, 3.8) is 0 Å². The molecule has 4 heteroatoms. The van der Waals surface area contributed by atoms with Crippen molar-refractivity contribution < 1.29 is 4.52 Å². The Morgan fingerprint density at radius 1 is 1.32 bits per heavy atom. The minimum absolute atomic E-state index is 0.580. The molecule has 0 N–H and O–H groups in total. The van der Waals surface area contributed by atoms with Crippen molar-refractivity contribution >= 4 is 5.69 Å². The number of hydrogen-bond acceptors (Lipinski definition) is 4. The van der Waals surface area contributed by atoms with E-state index in [1.807, 2.05) is 6.07 Å². The lowest BCUT2D eigenvalue weighted by atomic mass is 10.2. The lowest BCUT2D eigenvalue weighted by molar-refractivity contribution is 0.242. The fourth-order valence-electron chi connectivity index (χ4n) is 2.68. The van der Waals surface area contributed by atoms with Crippen LogP contribution in [-0.4, -0.2) is 36.2 Å². The Kier molecular flexibility index (Phi) is 3.51. The molecule has 0 amide bonds. The van der Waals surface area contributed by atoms with Crippen molar-refractivity contribution in [1.29, 1.82) is 0 Å². The van der Waals surface area contributed by atoms with E-state index in [1.54, 1.807) is 6.26 Å². The molecular weight excluding hydrogens is 238 g/mol. The van der Waals surface area contributed by atoms with Crippen LogP contribution in [0.25, 0.3) is 0 Å². The largest absolute Gasteiger partial charge is 0.370 e. The predicted octanol–water partition coefficient (Wildman–Crippen LogP) is 2.39. The molecule has 2 heterocycles. The van der Waals surface area contributed by atoms with Crippen LogP contribution < -0.4 is 4.90 Å². The van der Waals surface area contributed by atoms with Crippen molar-refractivity contribution in [1.82, 2.24) is 10.1 Å². The maximum Gasteiger partial charge on any atom is 0.124 e. The Morgan fingerprint density at radius 2 is 2.16 bits per heavy atom. The molecule has 1 saturated heterocycles. The molecule has 2 aromatic rings. The molecular formula is C15H19N3O. The van der Waals surface area contributed by atoms with E-state index < -0.39 is 0 Å². The average molecular weight is 257 g/mol. The van der Waals surface area contributed by atoms with Gasteiger partial charge in [-0.2, -0.15) is 0 Å². The van der Waals surface area contributed by atoms with Gasteiger partial charge in [0, 0.05) is 37.4 Å². The van der Waals surface area contributed by atoms with E-state index in [0.29, 0.717) is 6.04 Å². The summed E-state index contributed by atoms with van der Waals surface area (Å²) in [4.78, 5) is 4.81. The monoisotopic (exact) mass is 257 g/mol. The summed E-state index contributed by atoms with van der Waals surface area (Å²) in [5, 5.41) is 3.97. The van der Waals surface area contributed by atoms with E-state index in [-0.39, 0.29) is 0 Å². The molecule has 0 bridgehead atoms. The van der Waals surface area contributed by atoms with Gasteiger partial charge in [0.05, 0.1) is 5.69 Å². The van der Waals surface area contributed by atoms with E-state index in [0.717, 1.165) is 25.3 Å². The summed E-state index contributed by atoms with van der Waals surface area (Å²) in [5.41, 5.74) is 2.32. The maximum atomic E-state index is 4.88. The van der Waals surface area contributed by atoms with Gasteiger partial charge >= 0.3 is 0 Å². The van der Waals surface area contributed by atoms with Gasteiger partial charge in [0.15, 0.2) is 0 Å². The molecule has 1 unspecified atom stereocenters. The fourth-order valence-corrected chi connectivity index (χ4v) is 2.68. The van der Waals surface area contributed by atoms with Crippen LogP contribution >= 0.6 is 0 Å². The maximum absolute atomic E-state index is 4.88. The summed E-state index contributed by atoms with van der Waals surface area (Å²) in [5.74, 6) is 0. The van der Waals surface area contributed by atoms with Crippen LogP contribution in [0.15, 0.2) is 47.2 Å². The van der Waals surface area contributed by atoms with Crippen molar-refractivity contribution in [2.75, 3.05) is 25.0 Å². The van der Waals surface area contributed by atoms with E-state index in [2.05, 4.69) is 52.3 Å². The van der Waals surface area contributed by atoms with E-state index in [1.165, 1.54) is 12.1 Å². The van der Waals surface area contributed by atoms with Crippen molar-refractivity contribution in [2.24, 2.45) is 0 Å². The second-order valence-electron chi connectivity index (χ2n) is 5.13. The molecule has 1 atom stereocenters. The zero-order valence-corrected chi connectivity index (χ0v) is 11.2. The molecule has 1 aliphatic heterocycles. The molecule has 0 saturated carbocycles. The number of rotatable bonds is 4. The van der Waals surface area contributed by atoms with Gasteiger partial charge in [-0.25, -0.2) is 0 Å². The highest BCUT2D eigenvalue weighted by Crippen LogP contribution is 2.22. The van der Waals surface area contributed by atoms with Crippen LogP contribution in [0.5, 0.6) is 0 Å². The molecule has 1 aromatic heterocycles. The lowest BCUT2D eigenvalue weighted by Crippen LogP contribution is -2.34. The first-order valence-electron chi connectivity index (χ1n) is 6.72. The second kappa shape index (κ2) is 5.45. The molecule has 4 nitrogen and oxygen atoms in total. The standard InChI is InChI=1S/C15H19N3O/c1-17(11-13-8-10-19-16-13)15-7-9-18(12-15)14-5-3-2-4-6-14/h2-6,8,10,15H,7,9,11-12H2,1H3. The first-order chi connectivity index (χ1) is 9.33. The average Bonchev–Trinajstić information content (AvgIpc) is 3.10. The summed E-state index contributed by atoms with van der Waals surface area (Å²) >= 11 is 0. The van der Waals surface area contributed by atoms with Gasteiger partial charge in [-0.05, 0) is 25.6 Å². The van der Waals surface area contributed by atoms with Gasteiger partial charge < -0.3 is 9.42 Å². The molecule has 100 valence electrons. The number of benzene rings is 1. The van der Waals surface area contributed by atoms with Crippen LogP contribution in [0.3, 0.4) is 0 Å². The van der Waals surface area contributed by atoms with Gasteiger partial charge in [0.25, 0.3) is 0 Å². The Balaban J connectivity index is 1.59.